The van der Waals surface area contributed by atoms with Crippen molar-refractivity contribution in [1.29, 1.82) is 0 Å². The molecule has 0 bridgehead atoms. The molecule has 0 unspecified atom stereocenters. The maximum absolute atomic E-state index is 13.4. The molecule has 36 heavy (non-hydrogen) atoms. The minimum Gasteiger partial charge on any atom is -0.478 e. The zero-order valence-electron chi connectivity index (χ0n) is 21.7. The number of carbonyl (C=O) groups is 1. The Kier molecular flexibility index (Phi) is 9.25. The van der Waals surface area contributed by atoms with E-state index >= 15 is 0 Å². The van der Waals surface area contributed by atoms with Gasteiger partial charge >= 0.3 is 5.97 Å². The lowest BCUT2D eigenvalue weighted by Gasteiger charge is -2.35. The fourth-order valence-electron chi connectivity index (χ4n) is 5.08. The lowest BCUT2D eigenvalue weighted by atomic mass is 9.79. The lowest BCUT2D eigenvalue weighted by Crippen LogP contribution is -2.46. The van der Waals surface area contributed by atoms with Crippen LogP contribution in [0, 0.1) is 12.8 Å². The summed E-state index contributed by atoms with van der Waals surface area (Å²) in [4.78, 5) is 11.4. The largest absolute Gasteiger partial charge is 0.478 e. The molecule has 1 saturated carbocycles. The minimum atomic E-state index is -2.52. The van der Waals surface area contributed by atoms with Gasteiger partial charge in [-0.05, 0) is 81.2 Å². The quantitative estimate of drug-likeness (QED) is 0.332. The number of carboxylic acid groups (broad SMARTS) is 1. The molecule has 2 aromatic carbocycles. The van der Waals surface area contributed by atoms with E-state index in [1.807, 2.05) is 51.1 Å². The Morgan fingerprint density at radius 1 is 1.19 bits per heavy atom. The van der Waals surface area contributed by atoms with Crippen molar-refractivity contribution < 1.29 is 28.5 Å². The first kappa shape index (κ1) is 28.2. The lowest BCUT2D eigenvalue weighted by molar-refractivity contribution is -0.0491. The molecule has 0 heterocycles. The number of β-amino-alcohol motifs (C(OH)–C–C–N with tert-alkyl or cyclic N) is 1. The van der Waals surface area contributed by atoms with Crippen molar-refractivity contribution >= 4 is 5.97 Å². The summed E-state index contributed by atoms with van der Waals surface area (Å²) in [6.45, 7) is 8.29. The number of aliphatic hydroxyl groups excluding tert-OH is 1. The highest BCUT2D eigenvalue weighted by Gasteiger charge is 2.36. The predicted molar refractivity (Wildman–Crippen MR) is 138 cm³/mol. The van der Waals surface area contributed by atoms with Crippen LogP contribution in [0.1, 0.15) is 80.5 Å². The number of halogens is 2. The van der Waals surface area contributed by atoms with Gasteiger partial charge in [-0.2, -0.15) is 0 Å². The zero-order chi connectivity index (χ0) is 26.5. The molecule has 1 aliphatic rings. The van der Waals surface area contributed by atoms with Crippen molar-refractivity contribution in [3.05, 3.63) is 59.2 Å². The van der Waals surface area contributed by atoms with E-state index in [1.54, 1.807) is 19.1 Å². The second-order valence-corrected chi connectivity index (χ2v) is 10.8. The Hall–Kier alpha value is -2.35. The van der Waals surface area contributed by atoms with Crippen LogP contribution in [0.2, 0.25) is 0 Å². The molecule has 2 atom stereocenters. The highest BCUT2D eigenvalue weighted by molar-refractivity contribution is 5.90. The molecule has 1 fully saturated rings. The summed E-state index contributed by atoms with van der Waals surface area (Å²) in [5, 5.41) is 23.2. The van der Waals surface area contributed by atoms with Crippen molar-refractivity contribution in [2.75, 3.05) is 13.2 Å². The molecule has 0 saturated heterocycles. The van der Waals surface area contributed by atoms with Gasteiger partial charge in [-0.3, -0.25) is 0 Å². The van der Waals surface area contributed by atoms with Gasteiger partial charge in [0.05, 0.1) is 24.4 Å². The number of hydrogen-bond donors (Lipinski definition) is 3. The number of rotatable bonds is 11. The molecule has 0 amide bonds. The van der Waals surface area contributed by atoms with Crippen LogP contribution in [0.5, 0.6) is 0 Å². The number of aryl methyl sites for hydroxylation is 1. The maximum Gasteiger partial charge on any atom is 0.335 e. The van der Waals surface area contributed by atoms with E-state index in [9.17, 15) is 23.8 Å². The molecule has 0 radical (unpaired) electrons. The maximum atomic E-state index is 13.4. The van der Waals surface area contributed by atoms with E-state index in [0.717, 1.165) is 23.1 Å². The van der Waals surface area contributed by atoms with Gasteiger partial charge in [0.1, 0.15) is 0 Å². The first-order valence-corrected chi connectivity index (χ1v) is 12.7. The van der Waals surface area contributed by atoms with Gasteiger partial charge in [-0.1, -0.05) is 36.4 Å². The molecule has 0 spiro atoms. The Bertz CT molecular complexity index is 1030. The van der Waals surface area contributed by atoms with Crippen LogP contribution < -0.4 is 5.32 Å². The van der Waals surface area contributed by atoms with E-state index in [1.165, 1.54) is 0 Å². The van der Waals surface area contributed by atoms with Gasteiger partial charge in [0.2, 0.25) is 5.92 Å². The van der Waals surface area contributed by atoms with Crippen LogP contribution in [0.3, 0.4) is 0 Å². The van der Waals surface area contributed by atoms with Gasteiger partial charge in [0.25, 0.3) is 0 Å². The Labute approximate surface area is 212 Å². The minimum absolute atomic E-state index is 0.0349. The topological polar surface area (TPSA) is 78.8 Å². The predicted octanol–water partition coefficient (Wildman–Crippen LogP) is 6.38. The van der Waals surface area contributed by atoms with Crippen LogP contribution >= 0.6 is 0 Å². The summed E-state index contributed by atoms with van der Waals surface area (Å²) in [6.07, 6.45) is 0.803. The highest BCUT2D eigenvalue weighted by atomic mass is 19.3. The molecule has 3 rings (SSSR count). The van der Waals surface area contributed by atoms with Crippen molar-refractivity contribution in [3.63, 3.8) is 0 Å². The molecule has 0 aliphatic heterocycles. The van der Waals surface area contributed by atoms with Gasteiger partial charge in [0.15, 0.2) is 0 Å². The van der Waals surface area contributed by atoms with E-state index in [-0.39, 0.29) is 42.6 Å². The SMILES string of the molecule is Cc1cc(-c2ccccc2[C@@H](C)OC[C@H](O)CNC(C)(C)CC2CCC(F)(F)CC2)ccc1C(=O)O. The third-order valence-electron chi connectivity index (χ3n) is 7.16. The van der Waals surface area contributed by atoms with Crippen molar-refractivity contribution in [2.45, 2.75) is 83.5 Å². The third kappa shape index (κ3) is 7.82. The number of aliphatic hydroxyl groups is 1. The second kappa shape index (κ2) is 11.8. The standard InChI is InChI=1S/C29H39F2NO4/c1-19-15-22(9-10-24(19)27(34)35)26-8-6-5-7-25(26)20(2)36-18-23(33)17-32-28(3,4)16-21-11-13-29(30,31)14-12-21/h5-10,15,20-21,23,32-33H,11-14,16-18H2,1-4H3,(H,34,35)/t20-,23-/m1/s1. The molecule has 7 heteroatoms. The first-order chi connectivity index (χ1) is 16.9. The number of hydrogen-bond acceptors (Lipinski definition) is 4. The summed E-state index contributed by atoms with van der Waals surface area (Å²) in [6, 6.07) is 13.1. The summed E-state index contributed by atoms with van der Waals surface area (Å²) < 4.78 is 32.9. The van der Waals surface area contributed by atoms with Crippen LogP contribution in [0.15, 0.2) is 42.5 Å². The summed E-state index contributed by atoms with van der Waals surface area (Å²) in [5.41, 5.74) is 3.52. The summed E-state index contributed by atoms with van der Waals surface area (Å²) in [7, 11) is 0. The number of aromatic carboxylic acids is 1. The van der Waals surface area contributed by atoms with Crippen molar-refractivity contribution in [2.24, 2.45) is 5.92 Å². The Balaban J connectivity index is 1.53. The molecule has 198 valence electrons. The monoisotopic (exact) mass is 503 g/mol. The van der Waals surface area contributed by atoms with E-state index in [2.05, 4.69) is 5.32 Å². The number of nitrogens with one attached hydrogen (secondary N) is 1. The number of ether oxygens (including phenoxy) is 1. The Morgan fingerprint density at radius 3 is 2.50 bits per heavy atom. The number of carboxylic acids is 1. The van der Waals surface area contributed by atoms with Crippen molar-refractivity contribution in [1.82, 2.24) is 5.32 Å². The first-order valence-electron chi connectivity index (χ1n) is 12.7. The van der Waals surface area contributed by atoms with Gasteiger partial charge < -0.3 is 20.3 Å². The highest BCUT2D eigenvalue weighted by Crippen LogP contribution is 2.39. The van der Waals surface area contributed by atoms with Gasteiger partial charge in [-0.15, -0.1) is 0 Å². The number of alkyl halides is 2. The zero-order valence-corrected chi connectivity index (χ0v) is 21.7. The van der Waals surface area contributed by atoms with Gasteiger partial charge in [0, 0.05) is 24.9 Å². The third-order valence-corrected chi connectivity index (χ3v) is 7.16. The number of benzene rings is 2. The average Bonchev–Trinajstić information content (AvgIpc) is 2.82. The van der Waals surface area contributed by atoms with Crippen LogP contribution in [0.4, 0.5) is 8.78 Å². The van der Waals surface area contributed by atoms with Crippen LogP contribution in [-0.2, 0) is 4.74 Å². The molecule has 5 nitrogen and oxygen atoms in total. The second-order valence-electron chi connectivity index (χ2n) is 10.8. The average molecular weight is 504 g/mol. The van der Waals surface area contributed by atoms with Crippen LogP contribution in [0.25, 0.3) is 11.1 Å². The fourth-order valence-corrected chi connectivity index (χ4v) is 5.08. The fraction of sp³-hybridized carbons (Fsp3) is 0.552. The van der Waals surface area contributed by atoms with E-state index < -0.39 is 18.0 Å². The molecular weight excluding hydrogens is 464 g/mol. The molecule has 3 N–H and O–H groups in total. The molecule has 1 aliphatic carbocycles. The molecule has 2 aromatic rings. The molecule has 0 aromatic heterocycles. The Morgan fingerprint density at radius 2 is 1.86 bits per heavy atom. The summed E-state index contributed by atoms with van der Waals surface area (Å²) in [5.74, 6) is -3.20. The van der Waals surface area contributed by atoms with E-state index in [4.69, 9.17) is 4.74 Å². The van der Waals surface area contributed by atoms with Crippen LogP contribution in [-0.4, -0.2) is 46.9 Å². The molecular formula is C29H39F2NO4. The van der Waals surface area contributed by atoms with Gasteiger partial charge in [-0.25, -0.2) is 13.6 Å². The van der Waals surface area contributed by atoms with E-state index in [0.29, 0.717) is 24.9 Å². The summed E-state index contributed by atoms with van der Waals surface area (Å²) >= 11 is 0. The normalized spacial score (nSPS) is 18.1. The smallest absolute Gasteiger partial charge is 0.335 e. The van der Waals surface area contributed by atoms with Crippen molar-refractivity contribution in [3.8, 4) is 11.1 Å².